The first-order chi connectivity index (χ1) is 18.3. The van der Waals surface area contributed by atoms with Gasteiger partial charge in [-0.3, -0.25) is 4.79 Å². The summed E-state index contributed by atoms with van der Waals surface area (Å²) in [6.45, 7) is 12.6. The number of aromatic nitrogens is 1. The van der Waals surface area contributed by atoms with E-state index in [0.717, 1.165) is 70.6 Å². The Labute approximate surface area is 255 Å². The van der Waals surface area contributed by atoms with E-state index in [2.05, 4.69) is 37.2 Å². The van der Waals surface area contributed by atoms with E-state index < -0.39 is 27.1 Å². The topological polar surface area (TPSA) is 61.4 Å². The number of piperidine rings is 1. The third-order valence-corrected chi connectivity index (χ3v) is 15.5. The summed E-state index contributed by atoms with van der Waals surface area (Å²) in [5, 5.41) is 0. The van der Waals surface area contributed by atoms with E-state index in [0.29, 0.717) is 43.5 Å². The van der Waals surface area contributed by atoms with Crippen molar-refractivity contribution >= 4 is 62.5 Å². The van der Waals surface area contributed by atoms with Crippen molar-refractivity contribution in [3.8, 4) is 0 Å². The molecule has 0 bridgehead atoms. The number of alkyl halides is 2. The van der Waals surface area contributed by atoms with Gasteiger partial charge in [0.15, 0.2) is 0 Å². The van der Waals surface area contributed by atoms with Crippen molar-refractivity contribution in [2.24, 2.45) is 0 Å². The minimum absolute atomic E-state index is 0. The number of pyridine rings is 1. The second-order valence-electron chi connectivity index (χ2n) is 10.9. The number of hydrogen-bond acceptors (Lipinski definition) is 7. The molecule has 5 rings (SSSR count). The van der Waals surface area contributed by atoms with Crippen LogP contribution < -0.4 is 9.80 Å². The molecule has 5 heterocycles. The van der Waals surface area contributed by atoms with Crippen LogP contribution in [0.3, 0.4) is 0 Å². The fourth-order valence-corrected chi connectivity index (χ4v) is 11.0. The minimum atomic E-state index is -2.60. The Bertz CT molecular complexity index is 1010. The molecule has 0 aliphatic carbocycles. The molecule has 1 spiro atoms. The molecule has 12 heteroatoms. The van der Waals surface area contributed by atoms with Crippen molar-refractivity contribution in [2.75, 3.05) is 68.8 Å². The molecule has 4 fully saturated rings. The first kappa shape index (κ1) is 31.3. The fourth-order valence-electron chi connectivity index (χ4n) is 6.32. The number of rotatable bonds is 7. The van der Waals surface area contributed by atoms with E-state index in [1.165, 1.54) is 6.08 Å². The number of halogens is 2. The van der Waals surface area contributed by atoms with E-state index in [-0.39, 0.29) is 39.4 Å². The maximum atomic E-state index is 14.3. The van der Waals surface area contributed by atoms with Crippen molar-refractivity contribution in [1.82, 2.24) is 14.8 Å². The van der Waals surface area contributed by atoms with E-state index in [1.807, 2.05) is 11.8 Å². The first-order valence-corrected chi connectivity index (χ1v) is 18.7. The van der Waals surface area contributed by atoms with Gasteiger partial charge in [0.1, 0.15) is 0 Å². The third kappa shape index (κ3) is 6.55. The molecule has 8 nitrogen and oxygen atoms in total. The van der Waals surface area contributed by atoms with Crippen molar-refractivity contribution in [2.45, 2.75) is 59.7 Å². The van der Waals surface area contributed by atoms with E-state index in [9.17, 15) is 13.6 Å². The fraction of sp³-hybridized carbons (Fsp3) is 0.704. The Morgan fingerprint density at radius 2 is 1.87 bits per heavy atom. The quantitative estimate of drug-likeness (QED) is 0.240. The molecule has 0 aromatic carbocycles. The Balaban J connectivity index is 0.00000353. The zero-order valence-corrected chi connectivity index (χ0v) is 28.1. The smallest absolute Gasteiger partial charge is 0 e. The van der Waals surface area contributed by atoms with Gasteiger partial charge in [0.05, 0.1) is 0 Å². The van der Waals surface area contributed by atoms with Gasteiger partial charge >= 0.3 is 192 Å². The Morgan fingerprint density at radius 3 is 2.46 bits per heavy atom. The SMILES string of the molecule is C=CC(=O)N1CCN(C2CN(c3cc(N4CC[C]5(CCO[O][Sb]5[CH3])CC4)nc(C(F)F)c3CCC)C2)CC1.[Sb]. The van der Waals surface area contributed by atoms with Crippen LogP contribution in [-0.4, -0.2) is 131 Å². The zero-order chi connectivity index (χ0) is 26.9. The Kier molecular flexibility index (Phi) is 10.9. The molecule has 1 aromatic heterocycles. The number of piperazine rings is 1. The molecule has 215 valence electrons. The number of anilines is 2. The second-order valence-corrected chi connectivity index (χ2v) is 16.9. The summed E-state index contributed by atoms with van der Waals surface area (Å²) in [5.74, 6) is 0.663. The van der Waals surface area contributed by atoms with Gasteiger partial charge < -0.3 is 4.90 Å². The minimum Gasteiger partial charge on any atom is 0 e. The molecule has 0 saturated carbocycles. The predicted octanol–water partition coefficient (Wildman–Crippen LogP) is 3.42. The molecule has 1 amide bonds. The molecular formula is C27H40F2N5O3Sb2. The summed E-state index contributed by atoms with van der Waals surface area (Å²) in [5.41, 5.74) is 1.56. The summed E-state index contributed by atoms with van der Waals surface area (Å²) in [7, 11) is 0. The Morgan fingerprint density at radius 1 is 1.18 bits per heavy atom. The predicted molar refractivity (Wildman–Crippen MR) is 151 cm³/mol. The van der Waals surface area contributed by atoms with Crippen molar-refractivity contribution < 1.29 is 21.6 Å². The summed E-state index contributed by atoms with van der Waals surface area (Å²) in [4.78, 5) is 32.7. The Hall–Kier alpha value is -0.664. The van der Waals surface area contributed by atoms with Gasteiger partial charge in [-0.2, -0.15) is 0 Å². The van der Waals surface area contributed by atoms with Crippen molar-refractivity contribution in [3.63, 3.8) is 0 Å². The van der Waals surface area contributed by atoms with Gasteiger partial charge in [-0.1, -0.05) is 6.58 Å². The van der Waals surface area contributed by atoms with Crippen LogP contribution in [0.25, 0.3) is 0 Å². The van der Waals surface area contributed by atoms with Crippen LogP contribution in [0.4, 0.5) is 20.3 Å². The van der Waals surface area contributed by atoms with Crippen LogP contribution >= 0.6 is 0 Å². The summed E-state index contributed by atoms with van der Waals surface area (Å²) < 4.78 is 34.6. The molecule has 0 atom stereocenters. The molecule has 4 aliphatic rings. The molecule has 4 saturated heterocycles. The van der Waals surface area contributed by atoms with Crippen LogP contribution in [0.1, 0.15) is 50.3 Å². The summed E-state index contributed by atoms with van der Waals surface area (Å²) >= 11 is -1.94. The van der Waals surface area contributed by atoms with Crippen molar-refractivity contribution in [1.29, 1.82) is 0 Å². The summed E-state index contributed by atoms with van der Waals surface area (Å²) in [6.07, 6.45) is 3.23. The second kappa shape index (κ2) is 13.5. The standard InChI is InChI=1S/C26H38F2N5O3.CH3.2Sb/c1-3-5-21-22(33-17-20(18-33)30-11-13-32(14-12-30)24(34)4-2)16-23(29-25(21)26(27)28)31-9-6-19(7-10-31)8-15-36-35;;;/h4,16,20,26,35H,2-3,5-15,17-18H2,1H3;1H3;;/q;;;+1/p-1. The van der Waals surface area contributed by atoms with Crippen LogP contribution in [0.15, 0.2) is 18.7 Å². The van der Waals surface area contributed by atoms with Crippen molar-refractivity contribution in [3.05, 3.63) is 30.0 Å². The molecule has 0 unspecified atom stereocenters. The van der Waals surface area contributed by atoms with E-state index in [4.69, 9.17) is 8.05 Å². The normalized spacial score (nSPS) is 22.6. The average molecular weight is 764 g/mol. The van der Waals surface area contributed by atoms with Crippen LogP contribution in [0.2, 0.25) is 8.23 Å². The zero-order valence-electron chi connectivity index (χ0n) is 23.0. The number of hydrogen-bond donors (Lipinski definition) is 0. The van der Waals surface area contributed by atoms with Gasteiger partial charge in [-0.05, 0) is 6.08 Å². The molecule has 0 N–H and O–H groups in total. The van der Waals surface area contributed by atoms with Gasteiger partial charge in [-0.15, -0.1) is 0 Å². The molecule has 1 aromatic rings. The molecular weight excluding hydrogens is 724 g/mol. The van der Waals surface area contributed by atoms with Gasteiger partial charge in [-0.25, -0.2) is 0 Å². The van der Waals surface area contributed by atoms with E-state index in [1.54, 1.807) is 0 Å². The molecule has 4 aliphatic heterocycles. The molecule has 3 radical (unpaired) electrons. The number of amides is 1. The average Bonchev–Trinajstić information content (AvgIpc) is 2.90. The molecule has 39 heavy (non-hydrogen) atoms. The van der Waals surface area contributed by atoms with Gasteiger partial charge in [0, 0.05) is 37.5 Å². The summed E-state index contributed by atoms with van der Waals surface area (Å²) in [6, 6.07) is 2.44. The van der Waals surface area contributed by atoms with Gasteiger partial charge in [0.25, 0.3) is 0 Å². The van der Waals surface area contributed by atoms with Crippen LogP contribution in [0, 0.1) is 0 Å². The first-order valence-electron chi connectivity index (χ1n) is 13.9. The van der Waals surface area contributed by atoms with Gasteiger partial charge in [0.2, 0.25) is 5.91 Å². The van der Waals surface area contributed by atoms with Crippen LogP contribution in [0.5, 0.6) is 0 Å². The maximum absolute atomic E-state index is 14.3. The number of nitrogens with zero attached hydrogens (tertiary/aromatic N) is 5. The number of carbonyl (C=O) groups excluding carboxylic acids is 1. The monoisotopic (exact) mass is 762 g/mol. The third-order valence-electron chi connectivity index (χ3n) is 8.85. The van der Waals surface area contributed by atoms with Crippen LogP contribution in [-0.2, 0) is 19.3 Å². The number of carbonyl (C=O) groups is 1. The van der Waals surface area contributed by atoms with E-state index >= 15 is 0 Å².